The van der Waals surface area contributed by atoms with Crippen molar-refractivity contribution >= 4 is 31.9 Å². The van der Waals surface area contributed by atoms with Crippen molar-refractivity contribution in [2.24, 2.45) is 0 Å². The topological polar surface area (TPSA) is 29.5 Å². The molecule has 1 atom stereocenters. The first kappa shape index (κ1) is 15.5. The Bertz CT molecular complexity index is 617. The van der Waals surface area contributed by atoms with Gasteiger partial charge in [-0.3, -0.25) is 0 Å². The minimum absolute atomic E-state index is 0.192. The van der Waals surface area contributed by atoms with Gasteiger partial charge in [0.05, 0.1) is 13.2 Å². The minimum Gasteiger partial charge on any atom is -0.496 e. The zero-order chi connectivity index (χ0) is 14.7. The number of rotatable bonds is 4. The van der Waals surface area contributed by atoms with Crippen molar-refractivity contribution < 1.29 is 14.2 Å². The van der Waals surface area contributed by atoms with Gasteiger partial charge in [0.1, 0.15) is 11.6 Å². The molecule has 1 N–H and O–H groups in total. The lowest BCUT2D eigenvalue weighted by atomic mass is 10.0. The second-order valence-corrected chi connectivity index (χ2v) is 6.17. The summed E-state index contributed by atoms with van der Waals surface area (Å²) in [4.78, 5) is 0. The van der Waals surface area contributed by atoms with Crippen LogP contribution in [-0.4, -0.2) is 12.2 Å². The number of aliphatic hydroxyl groups excluding tert-OH is 1. The third-order valence-electron chi connectivity index (χ3n) is 2.98. The van der Waals surface area contributed by atoms with Gasteiger partial charge in [0.15, 0.2) is 0 Å². The average molecular weight is 404 g/mol. The predicted molar refractivity (Wildman–Crippen MR) is 83.5 cm³/mol. The molecule has 106 valence electrons. The fourth-order valence-electron chi connectivity index (χ4n) is 1.97. The van der Waals surface area contributed by atoms with Crippen LogP contribution in [0.15, 0.2) is 45.3 Å². The highest BCUT2D eigenvalue weighted by Crippen LogP contribution is 2.31. The van der Waals surface area contributed by atoms with Crippen molar-refractivity contribution in [1.82, 2.24) is 0 Å². The van der Waals surface area contributed by atoms with Gasteiger partial charge in [-0.15, -0.1) is 0 Å². The number of ether oxygens (including phenoxy) is 1. The van der Waals surface area contributed by atoms with E-state index in [4.69, 9.17) is 4.74 Å². The molecule has 20 heavy (non-hydrogen) atoms. The molecule has 0 aliphatic rings. The van der Waals surface area contributed by atoms with Gasteiger partial charge in [-0.25, -0.2) is 4.39 Å². The van der Waals surface area contributed by atoms with E-state index in [2.05, 4.69) is 31.9 Å². The summed E-state index contributed by atoms with van der Waals surface area (Å²) in [7, 11) is 1.54. The van der Waals surface area contributed by atoms with E-state index in [0.717, 1.165) is 4.47 Å². The van der Waals surface area contributed by atoms with Crippen LogP contribution >= 0.6 is 31.9 Å². The van der Waals surface area contributed by atoms with Crippen molar-refractivity contribution in [2.75, 3.05) is 7.11 Å². The quantitative estimate of drug-likeness (QED) is 0.805. The van der Waals surface area contributed by atoms with E-state index in [1.807, 2.05) is 6.07 Å². The molecule has 0 bridgehead atoms. The Balaban J connectivity index is 2.25. The Morgan fingerprint density at radius 3 is 2.45 bits per heavy atom. The molecule has 2 rings (SSSR count). The highest BCUT2D eigenvalue weighted by molar-refractivity contribution is 9.10. The molecule has 0 radical (unpaired) electrons. The van der Waals surface area contributed by atoms with E-state index < -0.39 is 6.10 Å². The highest BCUT2D eigenvalue weighted by Gasteiger charge is 2.16. The van der Waals surface area contributed by atoms with Gasteiger partial charge in [-0.1, -0.05) is 44.0 Å². The van der Waals surface area contributed by atoms with Crippen molar-refractivity contribution in [3.05, 3.63) is 62.3 Å². The molecule has 0 amide bonds. The molecular weight excluding hydrogens is 391 g/mol. The standard InChI is InChI=1S/C15H13Br2FO2/c1-20-15-8-11(17)4-5-12(15)14(19)6-9-2-3-10(16)7-13(9)18/h2-5,7-8,14,19H,6H2,1H3. The smallest absolute Gasteiger partial charge is 0.127 e. The monoisotopic (exact) mass is 402 g/mol. The van der Waals surface area contributed by atoms with Crippen molar-refractivity contribution in [2.45, 2.75) is 12.5 Å². The largest absolute Gasteiger partial charge is 0.496 e. The van der Waals surface area contributed by atoms with Gasteiger partial charge >= 0.3 is 0 Å². The summed E-state index contributed by atoms with van der Waals surface area (Å²) in [6, 6.07) is 10.2. The van der Waals surface area contributed by atoms with Gasteiger partial charge in [0, 0.05) is 20.9 Å². The summed E-state index contributed by atoms with van der Waals surface area (Å²) in [6.45, 7) is 0. The van der Waals surface area contributed by atoms with Crippen molar-refractivity contribution in [3.8, 4) is 5.75 Å². The summed E-state index contributed by atoms with van der Waals surface area (Å²) in [6.07, 6.45) is -0.634. The van der Waals surface area contributed by atoms with E-state index in [-0.39, 0.29) is 12.2 Å². The van der Waals surface area contributed by atoms with E-state index in [9.17, 15) is 9.50 Å². The van der Waals surface area contributed by atoms with Crippen LogP contribution in [0.25, 0.3) is 0 Å². The third kappa shape index (κ3) is 3.59. The maximum Gasteiger partial charge on any atom is 0.127 e. The normalized spacial score (nSPS) is 12.2. The Morgan fingerprint density at radius 1 is 1.15 bits per heavy atom. The summed E-state index contributed by atoms with van der Waals surface area (Å²) in [5.74, 6) is 0.235. The molecule has 0 aliphatic carbocycles. The molecule has 0 spiro atoms. The Morgan fingerprint density at radius 2 is 1.80 bits per heavy atom. The molecule has 0 fully saturated rings. The zero-order valence-electron chi connectivity index (χ0n) is 10.7. The second kappa shape index (κ2) is 6.70. The van der Waals surface area contributed by atoms with Crippen LogP contribution in [0.5, 0.6) is 5.75 Å². The minimum atomic E-state index is -0.825. The summed E-state index contributed by atoms with van der Waals surface area (Å²) >= 11 is 6.56. The lowest BCUT2D eigenvalue weighted by Gasteiger charge is -2.15. The predicted octanol–water partition coefficient (Wildman–Crippen LogP) is 4.64. The molecule has 2 aromatic rings. The molecule has 1 unspecified atom stereocenters. The first-order chi connectivity index (χ1) is 9.51. The number of benzene rings is 2. The van der Waals surface area contributed by atoms with Crippen LogP contribution in [0, 0.1) is 5.82 Å². The van der Waals surface area contributed by atoms with Gasteiger partial charge in [0.2, 0.25) is 0 Å². The number of aliphatic hydroxyl groups is 1. The zero-order valence-corrected chi connectivity index (χ0v) is 13.9. The first-order valence-corrected chi connectivity index (χ1v) is 7.55. The molecule has 0 aromatic heterocycles. The lowest BCUT2D eigenvalue weighted by molar-refractivity contribution is 0.172. The van der Waals surface area contributed by atoms with E-state index in [0.29, 0.717) is 21.3 Å². The van der Waals surface area contributed by atoms with Gasteiger partial charge in [-0.05, 0) is 29.8 Å². The Labute approximate surface area is 133 Å². The van der Waals surface area contributed by atoms with Crippen LogP contribution in [-0.2, 0) is 6.42 Å². The number of hydrogen-bond donors (Lipinski definition) is 1. The molecule has 2 nitrogen and oxygen atoms in total. The average Bonchev–Trinajstić information content (AvgIpc) is 2.41. The molecule has 0 saturated carbocycles. The fourth-order valence-corrected chi connectivity index (χ4v) is 2.64. The van der Waals surface area contributed by atoms with Crippen LogP contribution in [0.1, 0.15) is 17.2 Å². The number of hydrogen-bond acceptors (Lipinski definition) is 2. The van der Waals surface area contributed by atoms with Gasteiger partial charge in [0.25, 0.3) is 0 Å². The van der Waals surface area contributed by atoms with E-state index in [1.54, 1.807) is 24.3 Å². The lowest BCUT2D eigenvalue weighted by Crippen LogP contribution is -2.05. The molecule has 0 heterocycles. The van der Waals surface area contributed by atoms with E-state index in [1.165, 1.54) is 13.2 Å². The SMILES string of the molecule is COc1cc(Br)ccc1C(O)Cc1ccc(Br)cc1F. The molecule has 2 aromatic carbocycles. The number of methoxy groups -OCH3 is 1. The van der Waals surface area contributed by atoms with Crippen LogP contribution in [0.3, 0.4) is 0 Å². The van der Waals surface area contributed by atoms with E-state index >= 15 is 0 Å². The summed E-state index contributed by atoms with van der Waals surface area (Å²) < 4.78 is 20.6. The molecule has 0 saturated heterocycles. The molecule has 0 aliphatic heterocycles. The van der Waals surface area contributed by atoms with Crippen molar-refractivity contribution in [3.63, 3.8) is 0 Å². The third-order valence-corrected chi connectivity index (χ3v) is 3.97. The Kier molecular flexibility index (Phi) is 5.18. The summed E-state index contributed by atoms with van der Waals surface area (Å²) in [5.41, 5.74) is 1.10. The van der Waals surface area contributed by atoms with Gasteiger partial charge in [-0.2, -0.15) is 0 Å². The fraction of sp³-hybridized carbons (Fsp3) is 0.200. The first-order valence-electron chi connectivity index (χ1n) is 5.96. The van der Waals surface area contributed by atoms with Crippen LogP contribution < -0.4 is 4.74 Å². The van der Waals surface area contributed by atoms with Crippen LogP contribution in [0.2, 0.25) is 0 Å². The van der Waals surface area contributed by atoms with Crippen LogP contribution in [0.4, 0.5) is 4.39 Å². The molecule has 5 heteroatoms. The molecular formula is C15H13Br2FO2. The Hall–Kier alpha value is -0.910. The second-order valence-electron chi connectivity index (χ2n) is 4.34. The van der Waals surface area contributed by atoms with Gasteiger partial charge < -0.3 is 9.84 Å². The maximum atomic E-state index is 13.8. The summed E-state index contributed by atoms with van der Waals surface area (Å²) in [5, 5.41) is 10.3. The van der Waals surface area contributed by atoms with Crippen molar-refractivity contribution in [1.29, 1.82) is 0 Å². The highest BCUT2D eigenvalue weighted by atomic mass is 79.9. The maximum absolute atomic E-state index is 13.8. The number of halogens is 3.